The Morgan fingerprint density at radius 2 is 2.19 bits per heavy atom. The second-order valence-corrected chi connectivity index (χ2v) is 6.19. The van der Waals surface area contributed by atoms with Crippen molar-refractivity contribution in [3.63, 3.8) is 0 Å². The van der Waals surface area contributed by atoms with Gasteiger partial charge in [-0.15, -0.1) is 5.10 Å². The monoisotopic (exact) mass is 377 g/mol. The van der Waals surface area contributed by atoms with Crippen LogP contribution in [-0.2, 0) is 11.2 Å². The minimum absolute atomic E-state index is 0.0994. The molecule has 0 spiro atoms. The van der Waals surface area contributed by atoms with Crippen LogP contribution in [0, 0.1) is 0 Å². The van der Waals surface area contributed by atoms with E-state index in [4.69, 9.17) is 16.3 Å². The zero-order valence-electron chi connectivity index (χ0n) is 14.4. The molecule has 1 fully saturated rings. The molecule has 9 heteroatoms. The van der Waals surface area contributed by atoms with Gasteiger partial charge in [-0.05, 0) is 18.6 Å². The fourth-order valence-corrected chi connectivity index (χ4v) is 2.88. The second kappa shape index (κ2) is 8.18. The first-order chi connectivity index (χ1) is 12.6. The number of nitrogens with one attached hydrogen (secondary N) is 1. The molecule has 1 aromatic carbocycles. The first-order valence-corrected chi connectivity index (χ1v) is 8.88. The van der Waals surface area contributed by atoms with Crippen LogP contribution in [0.25, 0.3) is 5.69 Å². The summed E-state index contributed by atoms with van der Waals surface area (Å²) in [5.74, 6) is 0.403. The summed E-state index contributed by atoms with van der Waals surface area (Å²) in [5.41, 5.74) is 0.685. The molecule has 1 aliphatic rings. The third-order valence-corrected chi connectivity index (χ3v) is 4.33. The third-order valence-electron chi connectivity index (χ3n) is 4.01. The predicted octanol–water partition coefficient (Wildman–Crippen LogP) is 2.06. The average molecular weight is 378 g/mol. The van der Waals surface area contributed by atoms with Gasteiger partial charge in [0.15, 0.2) is 0 Å². The van der Waals surface area contributed by atoms with Gasteiger partial charge in [0.1, 0.15) is 12.4 Å². The first-order valence-electron chi connectivity index (χ1n) is 8.51. The number of aryl methyl sites for hydroxylation is 1. The molecule has 8 nitrogen and oxygen atoms in total. The summed E-state index contributed by atoms with van der Waals surface area (Å²) in [6.07, 6.45) is 0.944. The quantitative estimate of drug-likeness (QED) is 0.746. The summed E-state index contributed by atoms with van der Waals surface area (Å²) in [4.78, 5) is 29.6. The van der Waals surface area contributed by atoms with Gasteiger partial charge < -0.3 is 15.0 Å². The van der Waals surface area contributed by atoms with E-state index >= 15 is 0 Å². The van der Waals surface area contributed by atoms with Gasteiger partial charge in [-0.2, -0.15) is 0 Å². The lowest BCUT2D eigenvalue weighted by Crippen LogP contribution is -2.31. The SMILES string of the molecule is CCc1nc(C(=O)NCCCN2CCOC2=O)nn1-c1ccccc1Cl. The highest BCUT2D eigenvalue weighted by atomic mass is 35.5. The standard InChI is InChI=1S/C17H20ClN5O3/c1-2-14-20-15(21-23(14)13-7-4-3-6-12(13)18)16(24)19-8-5-9-22-10-11-26-17(22)25/h3-4,6-7H,2,5,8-11H2,1H3,(H,19,24). The molecule has 3 rings (SSSR count). The first kappa shape index (κ1) is 18.2. The summed E-state index contributed by atoms with van der Waals surface area (Å²) in [6, 6.07) is 7.28. The van der Waals surface area contributed by atoms with Crippen LogP contribution in [0.4, 0.5) is 4.79 Å². The molecular weight excluding hydrogens is 358 g/mol. The lowest BCUT2D eigenvalue weighted by molar-refractivity contribution is 0.0942. The van der Waals surface area contributed by atoms with E-state index in [2.05, 4.69) is 15.4 Å². The number of ether oxygens (including phenoxy) is 1. The molecule has 0 aliphatic carbocycles. The van der Waals surface area contributed by atoms with E-state index in [9.17, 15) is 9.59 Å². The molecule has 2 aromatic rings. The maximum atomic E-state index is 12.3. The van der Waals surface area contributed by atoms with E-state index in [1.165, 1.54) is 0 Å². The van der Waals surface area contributed by atoms with E-state index in [1.54, 1.807) is 15.6 Å². The number of carbonyl (C=O) groups excluding carboxylic acids is 2. The lowest BCUT2D eigenvalue weighted by atomic mass is 10.3. The average Bonchev–Trinajstić information content (AvgIpc) is 3.25. The Morgan fingerprint density at radius 1 is 1.38 bits per heavy atom. The molecule has 2 heterocycles. The van der Waals surface area contributed by atoms with Crippen molar-refractivity contribution in [1.82, 2.24) is 25.0 Å². The van der Waals surface area contributed by atoms with Crippen LogP contribution in [0.5, 0.6) is 0 Å². The minimum atomic E-state index is -0.352. The Kier molecular flexibility index (Phi) is 5.72. The minimum Gasteiger partial charge on any atom is -0.448 e. The molecule has 2 amide bonds. The van der Waals surface area contributed by atoms with Crippen LogP contribution in [0.1, 0.15) is 29.8 Å². The van der Waals surface area contributed by atoms with Gasteiger partial charge in [-0.25, -0.2) is 14.5 Å². The number of hydrogen-bond acceptors (Lipinski definition) is 5. The van der Waals surface area contributed by atoms with E-state index in [0.717, 1.165) is 0 Å². The fraction of sp³-hybridized carbons (Fsp3) is 0.412. The Labute approximate surface area is 156 Å². The van der Waals surface area contributed by atoms with E-state index < -0.39 is 0 Å². The Hall–Kier alpha value is -2.61. The summed E-state index contributed by atoms with van der Waals surface area (Å²) in [7, 11) is 0. The molecule has 1 N–H and O–H groups in total. The van der Waals surface area contributed by atoms with E-state index in [1.807, 2.05) is 25.1 Å². The van der Waals surface area contributed by atoms with Crippen LogP contribution in [-0.4, -0.2) is 57.9 Å². The summed E-state index contributed by atoms with van der Waals surface area (Å²) in [5, 5.41) is 7.62. The number of nitrogens with zero attached hydrogens (tertiary/aromatic N) is 4. The van der Waals surface area contributed by atoms with Gasteiger partial charge in [0, 0.05) is 19.5 Å². The molecule has 138 valence electrons. The van der Waals surface area contributed by atoms with Crippen molar-refractivity contribution in [2.24, 2.45) is 0 Å². The normalized spacial score (nSPS) is 13.8. The maximum Gasteiger partial charge on any atom is 0.409 e. The molecule has 26 heavy (non-hydrogen) atoms. The highest BCUT2D eigenvalue weighted by Gasteiger charge is 2.21. The number of rotatable bonds is 7. The van der Waals surface area contributed by atoms with E-state index in [0.29, 0.717) is 55.6 Å². The summed E-state index contributed by atoms with van der Waals surface area (Å²) < 4.78 is 6.45. The van der Waals surface area contributed by atoms with Gasteiger partial charge in [0.05, 0.1) is 17.3 Å². The second-order valence-electron chi connectivity index (χ2n) is 5.78. The van der Waals surface area contributed by atoms with Crippen molar-refractivity contribution in [3.8, 4) is 5.69 Å². The molecule has 0 saturated carbocycles. The fourth-order valence-electron chi connectivity index (χ4n) is 2.67. The smallest absolute Gasteiger partial charge is 0.409 e. The Balaban J connectivity index is 1.61. The van der Waals surface area contributed by atoms with Gasteiger partial charge >= 0.3 is 6.09 Å². The van der Waals surface area contributed by atoms with Crippen LogP contribution >= 0.6 is 11.6 Å². The highest BCUT2D eigenvalue weighted by Crippen LogP contribution is 2.20. The Bertz CT molecular complexity index is 807. The van der Waals surface area contributed by atoms with E-state index in [-0.39, 0.29) is 17.8 Å². The van der Waals surface area contributed by atoms with Crippen molar-refractivity contribution in [1.29, 1.82) is 0 Å². The number of halogens is 1. The molecule has 0 atom stereocenters. The van der Waals surface area contributed by atoms with Crippen LogP contribution in [0.15, 0.2) is 24.3 Å². The van der Waals surface area contributed by atoms with Crippen molar-refractivity contribution in [2.45, 2.75) is 19.8 Å². The van der Waals surface area contributed by atoms with Crippen LogP contribution < -0.4 is 5.32 Å². The van der Waals surface area contributed by atoms with Crippen molar-refractivity contribution in [2.75, 3.05) is 26.2 Å². The number of para-hydroxylation sites is 1. The van der Waals surface area contributed by atoms with Crippen LogP contribution in [0.3, 0.4) is 0 Å². The Morgan fingerprint density at radius 3 is 2.88 bits per heavy atom. The maximum absolute atomic E-state index is 12.3. The van der Waals surface area contributed by atoms with Gasteiger partial charge in [-0.3, -0.25) is 4.79 Å². The largest absolute Gasteiger partial charge is 0.448 e. The molecule has 0 radical (unpaired) electrons. The molecule has 0 bridgehead atoms. The number of carbonyl (C=O) groups is 2. The summed E-state index contributed by atoms with van der Waals surface area (Å²) in [6.45, 7) is 3.92. The molecule has 1 aliphatic heterocycles. The van der Waals surface area contributed by atoms with Gasteiger partial charge in [-0.1, -0.05) is 30.7 Å². The number of aromatic nitrogens is 3. The topological polar surface area (TPSA) is 89.3 Å². The highest BCUT2D eigenvalue weighted by molar-refractivity contribution is 6.32. The predicted molar refractivity (Wildman–Crippen MR) is 95.6 cm³/mol. The molecule has 1 saturated heterocycles. The summed E-state index contributed by atoms with van der Waals surface area (Å²) >= 11 is 6.22. The molecule has 0 unspecified atom stereocenters. The van der Waals surface area contributed by atoms with Crippen LogP contribution in [0.2, 0.25) is 5.02 Å². The van der Waals surface area contributed by atoms with Crippen molar-refractivity contribution < 1.29 is 14.3 Å². The molecule has 1 aromatic heterocycles. The van der Waals surface area contributed by atoms with Crippen molar-refractivity contribution in [3.05, 3.63) is 40.9 Å². The number of benzene rings is 1. The lowest BCUT2D eigenvalue weighted by Gasteiger charge is -2.11. The zero-order valence-corrected chi connectivity index (χ0v) is 15.2. The van der Waals surface area contributed by atoms with Crippen molar-refractivity contribution >= 4 is 23.6 Å². The molecular formula is C17H20ClN5O3. The van der Waals surface area contributed by atoms with Gasteiger partial charge in [0.25, 0.3) is 5.91 Å². The zero-order chi connectivity index (χ0) is 18.5. The third kappa shape index (κ3) is 3.96. The number of hydrogen-bond donors (Lipinski definition) is 1. The number of cyclic esters (lactones) is 1. The number of amides is 2. The van der Waals surface area contributed by atoms with Gasteiger partial charge in [0.2, 0.25) is 5.82 Å².